The van der Waals surface area contributed by atoms with Crippen LogP contribution in [0.25, 0.3) is 32.8 Å². The first kappa shape index (κ1) is 26.0. The summed E-state index contributed by atoms with van der Waals surface area (Å²) in [6.07, 6.45) is 0. The van der Waals surface area contributed by atoms with Crippen molar-refractivity contribution in [1.29, 1.82) is 0 Å². The summed E-state index contributed by atoms with van der Waals surface area (Å²) in [5, 5.41) is 19.6. The molecule has 0 aliphatic heterocycles. The third-order valence-corrected chi connectivity index (χ3v) is 7.62. The number of rotatable bonds is 7. The molecule has 0 atom stereocenters. The van der Waals surface area contributed by atoms with Gasteiger partial charge in [0.15, 0.2) is 5.76 Å². The second-order valence-electron chi connectivity index (χ2n) is 10.7. The largest absolute Gasteiger partial charge is 0.478 e. The standard InChI is InChI=1S/C35H28N2O4/c1-35(2,28-17-16-24-10-6-7-11-26(24)18-28)32-31-29(33(38)36-21-22-12-14-25(15-13-22)34(39)40)19-27(20-30(31)37-41-32)23-8-4-3-5-9-23/h3-20H,21H2,1-2H3,(H,36,38)(H,39,40). The Kier molecular flexibility index (Phi) is 6.59. The molecule has 2 N–H and O–H groups in total. The Bertz CT molecular complexity index is 1900. The van der Waals surface area contributed by atoms with Crippen molar-refractivity contribution < 1.29 is 19.2 Å². The van der Waals surface area contributed by atoms with Gasteiger partial charge in [-0.1, -0.05) is 90.1 Å². The molecular formula is C35H28N2O4. The fourth-order valence-corrected chi connectivity index (χ4v) is 5.23. The first-order chi connectivity index (χ1) is 19.8. The zero-order valence-electron chi connectivity index (χ0n) is 22.7. The number of nitrogens with zero attached hydrogens (tertiary/aromatic N) is 1. The van der Waals surface area contributed by atoms with Gasteiger partial charge in [-0.25, -0.2) is 4.79 Å². The van der Waals surface area contributed by atoms with Crippen LogP contribution in [0.5, 0.6) is 0 Å². The predicted molar refractivity (Wildman–Crippen MR) is 160 cm³/mol. The molecule has 202 valence electrons. The third-order valence-electron chi connectivity index (χ3n) is 7.62. The van der Waals surface area contributed by atoms with Crippen LogP contribution in [-0.4, -0.2) is 22.1 Å². The number of carbonyl (C=O) groups excluding carboxylic acids is 1. The number of hydrogen-bond donors (Lipinski definition) is 2. The fraction of sp³-hybridized carbons (Fsp3) is 0.114. The van der Waals surface area contributed by atoms with E-state index in [1.165, 1.54) is 12.1 Å². The van der Waals surface area contributed by atoms with Crippen molar-refractivity contribution in [3.05, 3.63) is 137 Å². The number of nitrogens with one attached hydrogen (secondary N) is 1. The smallest absolute Gasteiger partial charge is 0.335 e. The highest BCUT2D eigenvalue weighted by molar-refractivity contribution is 6.09. The number of carboxylic acids is 1. The molecule has 0 spiro atoms. The molecule has 6 aromatic rings. The Balaban J connectivity index is 1.43. The van der Waals surface area contributed by atoms with Gasteiger partial charge in [0.25, 0.3) is 5.91 Å². The molecular weight excluding hydrogens is 512 g/mol. The van der Waals surface area contributed by atoms with Gasteiger partial charge in [-0.2, -0.15) is 0 Å². The van der Waals surface area contributed by atoms with E-state index in [1.807, 2.05) is 54.6 Å². The third kappa shape index (κ3) is 4.96. The van der Waals surface area contributed by atoms with Crippen LogP contribution in [0.2, 0.25) is 0 Å². The lowest BCUT2D eigenvalue weighted by Crippen LogP contribution is -2.24. The topological polar surface area (TPSA) is 92.4 Å². The first-order valence-corrected chi connectivity index (χ1v) is 13.4. The Labute approximate surface area is 237 Å². The normalized spacial score (nSPS) is 11.6. The van der Waals surface area contributed by atoms with Gasteiger partial charge in [0.05, 0.1) is 21.9 Å². The number of aromatic nitrogens is 1. The minimum Gasteiger partial charge on any atom is -0.478 e. The zero-order chi connectivity index (χ0) is 28.6. The number of carboxylic acid groups (broad SMARTS) is 1. The SMILES string of the molecule is CC(C)(c1ccc2ccccc2c1)c1onc2cc(-c3ccccc3)cc(C(=O)NCc3ccc(C(=O)O)cc3)c12. The van der Waals surface area contributed by atoms with Crippen molar-refractivity contribution >= 4 is 33.6 Å². The maximum atomic E-state index is 13.8. The lowest BCUT2D eigenvalue weighted by Gasteiger charge is -2.23. The Morgan fingerprint density at radius 1 is 0.805 bits per heavy atom. The number of aromatic carboxylic acids is 1. The lowest BCUT2D eigenvalue weighted by molar-refractivity contribution is 0.0696. The van der Waals surface area contributed by atoms with Crippen molar-refractivity contribution in [2.24, 2.45) is 0 Å². The quantitative estimate of drug-likeness (QED) is 0.217. The molecule has 41 heavy (non-hydrogen) atoms. The maximum Gasteiger partial charge on any atom is 0.335 e. The summed E-state index contributed by atoms with van der Waals surface area (Å²) in [6.45, 7) is 4.40. The average Bonchev–Trinajstić information content (AvgIpc) is 3.45. The first-order valence-electron chi connectivity index (χ1n) is 13.4. The molecule has 1 amide bonds. The molecule has 5 aromatic carbocycles. The molecule has 0 saturated heterocycles. The molecule has 0 radical (unpaired) electrons. The molecule has 1 aromatic heterocycles. The molecule has 0 bridgehead atoms. The van der Waals surface area contributed by atoms with E-state index >= 15 is 0 Å². The van der Waals surface area contributed by atoms with Crippen molar-refractivity contribution in [2.45, 2.75) is 25.8 Å². The lowest BCUT2D eigenvalue weighted by atomic mass is 9.79. The van der Waals surface area contributed by atoms with Crippen LogP contribution < -0.4 is 5.32 Å². The summed E-state index contributed by atoms with van der Waals surface area (Å²) in [5.74, 6) is -0.651. The molecule has 1 heterocycles. The predicted octanol–water partition coefficient (Wildman–Crippen LogP) is 7.60. The summed E-state index contributed by atoms with van der Waals surface area (Å²) in [7, 11) is 0. The van der Waals surface area contributed by atoms with Gasteiger partial charge in [-0.3, -0.25) is 4.79 Å². The molecule has 0 unspecified atom stereocenters. The summed E-state index contributed by atoms with van der Waals surface area (Å²) in [5.41, 5.74) is 4.34. The van der Waals surface area contributed by atoms with Gasteiger partial charge in [0.2, 0.25) is 0 Å². The molecule has 0 aliphatic rings. The van der Waals surface area contributed by atoms with Gasteiger partial charge >= 0.3 is 5.97 Å². The number of hydrogen-bond acceptors (Lipinski definition) is 4. The monoisotopic (exact) mass is 540 g/mol. The molecule has 6 nitrogen and oxygen atoms in total. The zero-order valence-corrected chi connectivity index (χ0v) is 22.7. The number of benzene rings is 5. The number of amides is 1. The number of carbonyl (C=O) groups is 2. The molecule has 6 heteroatoms. The molecule has 0 aliphatic carbocycles. The Hall–Kier alpha value is -5.23. The van der Waals surface area contributed by atoms with E-state index in [2.05, 4.69) is 54.7 Å². The van der Waals surface area contributed by atoms with Crippen LogP contribution in [0, 0.1) is 0 Å². The summed E-state index contributed by atoms with van der Waals surface area (Å²) < 4.78 is 6.04. The molecule has 6 rings (SSSR count). The van der Waals surface area contributed by atoms with Crippen LogP contribution >= 0.6 is 0 Å². The molecule has 0 fully saturated rings. The van der Waals surface area contributed by atoms with Gasteiger partial charge in [0.1, 0.15) is 5.52 Å². The average molecular weight is 541 g/mol. The minimum atomic E-state index is -0.991. The summed E-state index contributed by atoms with van der Waals surface area (Å²) in [6, 6.07) is 34.7. The van der Waals surface area contributed by atoms with E-state index in [-0.39, 0.29) is 18.0 Å². The van der Waals surface area contributed by atoms with Crippen LogP contribution in [-0.2, 0) is 12.0 Å². The van der Waals surface area contributed by atoms with Gasteiger partial charge in [0, 0.05) is 6.54 Å². The van der Waals surface area contributed by atoms with E-state index in [9.17, 15) is 14.7 Å². The summed E-state index contributed by atoms with van der Waals surface area (Å²) >= 11 is 0. The van der Waals surface area contributed by atoms with Crippen LogP contribution in [0.15, 0.2) is 114 Å². The highest BCUT2D eigenvalue weighted by Crippen LogP contribution is 2.40. The van der Waals surface area contributed by atoms with Crippen molar-refractivity contribution in [1.82, 2.24) is 10.5 Å². The van der Waals surface area contributed by atoms with Crippen LogP contribution in [0.1, 0.15) is 51.5 Å². The Morgan fingerprint density at radius 3 is 2.24 bits per heavy atom. The van der Waals surface area contributed by atoms with E-state index in [0.717, 1.165) is 33.0 Å². The van der Waals surface area contributed by atoms with Crippen molar-refractivity contribution in [3.63, 3.8) is 0 Å². The van der Waals surface area contributed by atoms with Gasteiger partial charge in [-0.05, 0) is 71.1 Å². The highest BCUT2D eigenvalue weighted by atomic mass is 16.5. The molecule has 0 saturated carbocycles. The fourth-order valence-electron chi connectivity index (χ4n) is 5.23. The van der Waals surface area contributed by atoms with Crippen molar-refractivity contribution in [2.75, 3.05) is 0 Å². The van der Waals surface area contributed by atoms with E-state index in [0.29, 0.717) is 22.2 Å². The second-order valence-corrected chi connectivity index (χ2v) is 10.7. The van der Waals surface area contributed by atoms with E-state index in [4.69, 9.17) is 4.52 Å². The van der Waals surface area contributed by atoms with Gasteiger partial charge < -0.3 is 14.9 Å². The Morgan fingerprint density at radius 2 is 1.51 bits per heavy atom. The van der Waals surface area contributed by atoms with Crippen molar-refractivity contribution in [3.8, 4) is 11.1 Å². The maximum absolute atomic E-state index is 13.8. The van der Waals surface area contributed by atoms with E-state index in [1.54, 1.807) is 12.1 Å². The summed E-state index contributed by atoms with van der Waals surface area (Å²) in [4.78, 5) is 25.0. The van der Waals surface area contributed by atoms with Crippen LogP contribution in [0.4, 0.5) is 0 Å². The second kappa shape index (κ2) is 10.4. The number of fused-ring (bicyclic) bond motifs is 2. The van der Waals surface area contributed by atoms with E-state index < -0.39 is 11.4 Å². The highest BCUT2D eigenvalue weighted by Gasteiger charge is 2.33. The minimum absolute atomic E-state index is 0.197. The van der Waals surface area contributed by atoms with Crippen LogP contribution in [0.3, 0.4) is 0 Å². The van der Waals surface area contributed by atoms with Gasteiger partial charge in [-0.15, -0.1) is 0 Å².